The fraction of sp³-hybridized carbons (Fsp3) is 0.0667. The second-order valence-electron chi connectivity index (χ2n) is 4.41. The molecule has 0 radical (unpaired) electrons. The number of hydrogen-bond acceptors (Lipinski definition) is 4. The van der Waals surface area contributed by atoms with E-state index < -0.39 is 0 Å². The zero-order chi connectivity index (χ0) is 14.7. The molecular weight excluding hydrogens is 266 g/mol. The van der Waals surface area contributed by atoms with Gasteiger partial charge in [0.2, 0.25) is 0 Å². The summed E-state index contributed by atoms with van der Waals surface area (Å²) >= 11 is 0. The smallest absolute Gasteiger partial charge is 0.255 e. The molecule has 3 aromatic heterocycles. The highest BCUT2D eigenvalue weighted by Gasteiger charge is 2.12. The molecule has 21 heavy (non-hydrogen) atoms. The van der Waals surface area contributed by atoms with Crippen molar-refractivity contribution in [3.8, 4) is 5.82 Å². The Balaban J connectivity index is 1.94. The van der Waals surface area contributed by atoms with Crippen molar-refractivity contribution in [3.05, 3.63) is 66.6 Å². The summed E-state index contributed by atoms with van der Waals surface area (Å²) < 4.78 is 1.82. The monoisotopic (exact) mass is 279 g/mol. The fourth-order valence-corrected chi connectivity index (χ4v) is 1.99. The summed E-state index contributed by atoms with van der Waals surface area (Å²) in [7, 11) is 0. The van der Waals surface area contributed by atoms with E-state index in [2.05, 4.69) is 20.3 Å². The number of aromatic nitrogens is 4. The molecule has 0 aliphatic rings. The molecule has 0 bridgehead atoms. The molecule has 6 heteroatoms. The van der Waals surface area contributed by atoms with Crippen LogP contribution in [-0.2, 0) is 0 Å². The molecule has 104 valence electrons. The number of anilines is 1. The van der Waals surface area contributed by atoms with Crippen molar-refractivity contribution < 1.29 is 4.79 Å². The van der Waals surface area contributed by atoms with Gasteiger partial charge < -0.3 is 5.32 Å². The number of hydrogen-bond donors (Lipinski definition) is 1. The van der Waals surface area contributed by atoms with Crippen LogP contribution < -0.4 is 5.32 Å². The first-order valence-electron chi connectivity index (χ1n) is 6.42. The maximum atomic E-state index is 12.2. The van der Waals surface area contributed by atoms with Gasteiger partial charge in [0.1, 0.15) is 5.82 Å². The Morgan fingerprint density at radius 1 is 1.10 bits per heavy atom. The summed E-state index contributed by atoms with van der Waals surface area (Å²) in [5.41, 5.74) is 1.17. The summed E-state index contributed by atoms with van der Waals surface area (Å²) in [6.07, 6.45) is 8.34. The Morgan fingerprint density at radius 2 is 1.90 bits per heavy atom. The minimum absolute atomic E-state index is 0.204. The Bertz CT molecular complexity index is 766. The van der Waals surface area contributed by atoms with E-state index in [1.807, 2.05) is 11.5 Å². The van der Waals surface area contributed by atoms with Gasteiger partial charge in [-0.3, -0.25) is 14.3 Å². The van der Waals surface area contributed by atoms with Gasteiger partial charge >= 0.3 is 0 Å². The van der Waals surface area contributed by atoms with E-state index in [9.17, 15) is 4.79 Å². The molecule has 3 rings (SSSR count). The highest BCUT2D eigenvalue weighted by Crippen LogP contribution is 2.19. The van der Waals surface area contributed by atoms with Gasteiger partial charge in [-0.05, 0) is 31.2 Å². The number of carbonyl (C=O) groups is 1. The fourth-order valence-electron chi connectivity index (χ4n) is 1.99. The largest absolute Gasteiger partial charge is 0.319 e. The minimum atomic E-state index is -0.204. The van der Waals surface area contributed by atoms with Crippen LogP contribution in [0.1, 0.15) is 16.2 Å². The Morgan fingerprint density at radius 3 is 2.62 bits per heavy atom. The van der Waals surface area contributed by atoms with E-state index >= 15 is 0 Å². The SMILES string of the molecule is Cc1nccn1-c1ncccc1NC(=O)c1ccncc1. The lowest BCUT2D eigenvalue weighted by molar-refractivity contribution is 0.102. The highest BCUT2D eigenvalue weighted by molar-refractivity contribution is 6.04. The lowest BCUT2D eigenvalue weighted by Gasteiger charge is -2.11. The second-order valence-corrected chi connectivity index (χ2v) is 4.41. The van der Waals surface area contributed by atoms with E-state index in [-0.39, 0.29) is 5.91 Å². The summed E-state index contributed by atoms with van der Waals surface area (Å²) in [6, 6.07) is 6.90. The number of aryl methyl sites for hydroxylation is 1. The van der Waals surface area contributed by atoms with Crippen molar-refractivity contribution in [2.24, 2.45) is 0 Å². The third kappa shape index (κ3) is 2.64. The quantitative estimate of drug-likeness (QED) is 0.798. The Kier molecular flexibility index (Phi) is 3.42. The lowest BCUT2D eigenvalue weighted by Crippen LogP contribution is -2.14. The molecule has 0 atom stereocenters. The zero-order valence-electron chi connectivity index (χ0n) is 11.4. The van der Waals surface area contributed by atoms with Crippen LogP contribution >= 0.6 is 0 Å². The first kappa shape index (κ1) is 13.0. The van der Waals surface area contributed by atoms with Gasteiger partial charge in [-0.15, -0.1) is 0 Å². The number of rotatable bonds is 3. The van der Waals surface area contributed by atoms with Crippen molar-refractivity contribution >= 4 is 11.6 Å². The van der Waals surface area contributed by atoms with E-state index in [1.165, 1.54) is 0 Å². The maximum absolute atomic E-state index is 12.2. The number of pyridine rings is 2. The summed E-state index contributed by atoms with van der Waals surface area (Å²) in [4.78, 5) is 24.6. The minimum Gasteiger partial charge on any atom is -0.319 e. The van der Waals surface area contributed by atoms with Crippen LogP contribution in [0.25, 0.3) is 5.82 Å². The molecule has 0 spiro atoms. The van der Waals surface area contributed by atoms with E-state index in [0.29, 0.717) is 17.1 Å². The maximum Gasteiger partial charge on any atom is 0.255 e. The molecular formula is C15H13N5O. The number of nitrogens with zero attached hydrogens (tertiary/aromatic N) is 4. The van der Waals surface area contributed by atoms with E-state index in [0.717, 1.165) is 5.82 Å². The molecule has 0 unspecified atom stereocenters. The Hall–Kier alpha value is -3.02. The van der Waals surface area contributed by atoms with Crippen molar-refractivity contribution in [1.82, 2.24) is 19.5 Å². The van der Waals surface area contributed by atoms with Gasteiger partial charge in [0.25, 0.3) is 5.91 Å². The molecule has 0 fully saturated rings. The zero-order valence-corrected chi connectivity index (χ0v) is 11.4. The van der Waals surface area contributed by atoms with Crippen LogP contribution in [0.4, 0.5) is 5.69 Å². The molecule has 0 aliphatic heterocycles. The lowest BCUT2D eigenvalue weighted by atomic mass is 10.2. The first-order valence-corrected chi connectivity index (χ1v) is 6.42. The average Bonchev–Trinajstić information content (AvgIpc) is 2.95. The molecule has 1 N–H and O–H groups in total. The molecule has 3 aromatic rings. The molecule has 0 saturated heterocycles. The van der Waals surface area contributed by atoms with Crippen LogP contribution in [0.5, 0.6) is 0 Å². The van der Waals surface area contributed by atoms with Gasteiger partial charge in [-0.25, -0.2) is 9.97 Å². The molecule has 6 nitrogen and oxygen atoms in total. The van der Waals surface area contributed by atoms with Gasteiger partial charge in [0.05, 0.1) is 5.69 Å². The van der Waals surface area contributed by atoms with Gasteiger partial charge in [-0.1, -0.05) is 0 Å². The first-order chi connectivity index (χ1) is 10.3. The number of carbonyl (C=O) groups excluding carboxylic acids is 1. The molecule has 1 amide bonds. The number of nitrogens with one attached hydrogen (secondary N) is 1. The molecule has 0 aromatic carbocycles. The van der Waals surface area contributed by atoms with E-state index in [4.69, 9.17) is 0 Å². The van der Waals surface area contributed by atoms with Crippen molar-refractivity contribution in [3.63, 3.8) is 0 Å². The van der Waals surface area contributed by atoms with Crippen molar-refractivity contribution in [1.29, 1.82) is 0 Å². The van der Waals surface area contributed by atoms with Crippen LogP contribution in [0.15, 0.2) is 55.2 Å². The number of imidazole rings is 1. The average molecular weight is 279 g/mol. The Labute approximate surface area is 121 Å². The topological polar surface area (TPSA) is 72.7 Å². The van der Waals surface area contributed by atoms with Gasteiger partial charge in [0.15, 0.2) is 5.82 Å². The molecule has 3 heterocycles. The standard InChI is InChI=1S/C15H13N5O/c1-11-17-9-10-20(11)14-13(3-2-6-18-14)19-15(21)12-4-7-16-8-5-12/h2-10H,1H3,(H,19,21). The van der Waals surface area contributed by atoms with Gasteiger partial charge in [0, 0.05) is 36.5 Å². The van der Waals surface area contributed by atoms with Crippen LogP contribution in [-0.4, -0.2) is 25.4 Å². The molecule has 0 aliphatic carbocycles. The van der Waals surface area contributed by atoms with Crippen molar-refractivity contribution in [2.75, 3.05) is 5.32 Å². The summed E-state index contributed by atoms with van der Waals surface area (Å²) in [5.74, 6) is 1.23. The predicted octanol–water partition coefficient (Wildman–Crippen LogP) is 2.22. The van der Waals surface area contributed by atoms with Gasteiger partial charge in [-0.2, -0.15) is 0 Å². The van der Waals surface area contributed by atoms with Crippen LogP contribution in [0.3, 0.4) is 0 Å². The van der Waals surface area contributed by atoms with Crippen LogP contribution in [0.2, 0.25) is 0 Å². The van der Waals surface area contributed by atoms with Crippen molar-refractivity contribution in [2.45, 2.75) is 6.92 Å². The predicted molar refractivity (Wildman–Crippen MR) is 78.3 cm³/mol. The third-order valence-electron chi connectivity index (χ3n) is 3.03. The third-order valence-corrected chi connectivity index (χ3v) is 3.03. The summed E-state index contributed by atoms with van der Waals surface area (Å²) in [6.45, 7) is 1.88. The van der Waals surface area contributed by atoms with E-state index in [1.54, 1.807) is 55.2 Å². The molecule has 0 saturated carbocycles. The second kappa shape index (κ2) is 5.54. The van der Waals surface area contributed by atoms with Crippen LogP contribution in [0, 0.1) is 6.92 Å². The summed E-state index contributed by atoms with van der Waals surface area (Å²) in [5, 5.41) is 2.86. The highest BCUT2D eigenvalue weighted by atomic mass is 16.1. The normalized spacial score (nSPS) is 10.3. The number of amides is 1.